The van der Waals surface area contributed by atoms with Gasteiger partial charge in [-0.2, -0.15) is 0 Å². The van der Waals surface area contributed by atoms with E-state index in [-0.39, 0.29) is 12.5 Å². The SMILES string of the molecule is Cc1nc2ccccc2nc1OCC(=O)Nc1ccc(Cl)cc1. The number of ether oxygens (including phenoxy) is 1. The maximum absolute atomic E-state index is 11.9. The number of nitrogens with one attached hydrogen (secondary N) is 1. The zero-order valence-corrected chi connectivity index (χ0v) is 13.2. The Bertz CT molecular complexity index is 850. The van der Waals surface area contributed by atoms with Gasteiger partial charge in [0, 0.05) is 10.7 Å². The summed E-state index contributed by atoms with van der Waals surface area (Å²) in [5.41, 5.74) is 2.82. The number of hydrogen-bond donors (Lipinski definition) is 1. The smallest absolute Gasteiger partial charge is 0.262 e. The molecule has 0 fully saturated rings. The molecule has 23 heavy (non-hydrogen) atoms. The van der Waals surface area contributed by atoms with Crippen molar-refractivity contribution in [3.05, 3.63) is 59.2 Å². The first-order valence-corrected chi connectivity index (χ1v) is 7.41. The van der Waals surface area contributed by atoms with Crippen molar-refractivity contribution in [3.63, 3.8) is 0 Å². The lowest BCUT2D eigenvalue weighted by Gasteiger charge is -2.09. The molecule has 0 saturated heterocycles. The van der Waals surface area contributed by atoms with Gasteiger partial charge in [-0.1, -0.05) is 23.7 Å². The highest BCUT2D eigenvalue weighted by molar-refractivity contribution is 6.30. The van der Waals surface area contributed by atoms with Gasteiger partial charge in [-0.15, -0.1) is 0 Å². The van der Waals surface area contributed by atoms with Crippen molar-refractivity contribution in [2.24, 2.45) is 0 Å². The quantitative estimate of drug-likeness (QED) is 0.795. The number of fused-ring (bicyclic) bond motifs is 1. The Hall–Kier alpha value is -2.66. The van der Waals surface area contributed by atoms with Crippen LogP contribution in [0.25, 0.3) is 11.0 Å². The molecule has 1 amide bonds. The van der Waals surface area contributed by atoms with Crippen LogP contribution in [0.15, 0.2) is 48.5 Å². The summed E-state index contributed by atoms with van der Waals surface area (Å²) in [6.07, 6.45) is 0. The third-order valence-corrected chi connectivity index (χ3v) is 3.42. The molecule has 116 valence electrons. The molecule has 6 heteroatoms. The molecule has 0 saturated carbocycles. The first-order valence-electron chi connectivity index (χ1n) is 7.03. The summed E-state index contributed by atoms with van der Waals surface area (Å²) in [7, 11) is 0. The van der Waals surface area contributed by atoms with Crippen LogP contribution in [0.1, 0.15) is 5.69 Å². The van der Waals surface area contributed by atoms with Crippen LogP contribution in [0.3, 0.4) is 0 Å². The van der Waals surface area contributed by atoms with Gasteiger partial charge in [-0.3, -0.25) is 4.79 Å². The van der Waals surface area contributed by atoms with Crippen molar-refractivity contribution in [2.45, 2.75) is 6.92 Å². The number of aromatic nitrogens is 2. The van der Waals surface area contributed by atoms with Crippen molar-refractivity contribution >= 4 is 34.2 Å². The second-order valence-corrected chi connectivity index (χ2v) is 5.38. The Morgan fingerprint density at radius 2 is 1.74 bits per heavy atom. The summed E-state index contributed by atoms with van der Waals surface area (Å²) in [6.45, 7) is 1.66. The predicted molar refractivity (Wildman–Crippen MR) is 89.9 cm³/mol. The van der Waals surface area contributed by atoms with E-state index in [4.69, 9.17) is 16.3 Å². The summed E-state index contributed by atoms with van der Waals surface area (Å²) in [5.74, 6) is 0.0802. The van der Waals surface area contributed by atoms with Gasteiger partial charge in [0.05, 0.1) is 11.0 Å². The molecule has 0 unspecified atom stereocenters. The van der Waals surface area contributed by atoms with Crippen molar-refractivity contribution in [1.82, 2.24) is 9.97 Å². The van der Waals surface area contributed by atoms with Gasteiger partial charge >= 0.3 is 0 Å². The molecule has 5 nitrogen and oxygen atoms in total. The maximum Gasteiger partial charge on any atom is 0.262 e. The monoisotopic (exact) mass is 327 g/mol. The molecule has 1 aromatic heterocycles. The second kappa shape index (κ2) is 6.62. The number of para-hydroxylation sites is 2. The number of rotatable bonds is 4. The van der Waals surface area contributed by atoms with E-state index in [0.29, 0.717) is 22.3 Å². The van der Waals surface area contributed by atoms with Crippen LogP contribution in [-0.4, -0.2) is 22.5 Å². The Balaban J connectivity index is 1.66. The standard InChI is InChI=1S/C17H14ClN3O2/c1-11-17(21-15-5-3-2-4-14(15)19-11)23-10-16(22)20-13-8-6-12(18)7-9-13/h2-9H,10H2,1H3,(H,20,22). The largest absolute Gasteiger partial charge is 0.466 e. The molecule has 0 radical (unpaired) electrons. The molecule has 1 N–H and O–H groups in total. The van der Waals surface area contributed by atoms with E-state index in [0.717, 1.165) is 11.0 Å². The van der Waals surface area contributed by atoms with Crippen LogP contribution < -0.4 is 10.1 Å². The van der Waals surface area contributed by atoms with Crippen LogP contribution >= 0.6 is 11.6 Å². The number of benzene rings is 2. The molecule has 1 heterocycles. The van der Waals surface area contributed by atoms with E-state index in [1.165, 1.54) is 0 Å². The molecular formula is C17H14ClN3O2. The molecule has 0 aliphatic carbocycles. The minimum Gasteiger partial charge on any atom is -0.466 e. The van der Waals surface area contributed by atoms with Crippen LogP contribution in [0.2, 0.25) is 5.02 Å². The van der Waals surface area contributed by atoms with Crippen molar-refractivity contribution in [3.8, 4) is 5.88 Å². The lowest BCUT2D eigenvalue weighted by molar-refractivity contribution is -0.118. The van der Waals surface area contributed by atoms with Gasteiger partial charge in [0.2, 0.25) is 5.88 Å². The van der Waals surface area contributed by atoms with Gasteiger partial charge in [-0.05, 0) is 43.3 Å². The normalized spacial score (nSPS) is 10.5. The van der Waals surface area contributed by atoms with Crippen molar-refractivity contribution in [2.75, 3.05) is 11.9 Å². The Morgan fingerprint density at radius 3 is 2.43 bits per heavy atom. The van der Waals surface area contributed by atoms with Gasteiger partial charge in [0.1, 0.15) is 5.69 Å². The molecule has 0 aliphatic rings. The highest BCUT2D eigenvalue weighted by Crippen LogP contribution is 2.18. The van der Waals surface area contributed by atoms with Crippen molar-refractivity contribution < 1.29 is 9.53 Å². The first kappa shape index (κ1) is 15.2. The maximum atomic E-state index is 11.9. The van der Waals surface area contributed by atoms with Gasteiger partial charge in [-0.25, -0.2) is 9.97 Å². The van der Waals surface area contributed by atoms with E-state index < -0.39 is 0 Å². The molecule has 3 rings (SSSR count). The number of hydrogen-bond acceptors (Lipinski definition) is 4. The number of anilines is 1. The highest BCUT2D eigenvalue weighted by Gasteiger charge is 2.09. The fourth-order valence-corrected chi connectivity index (χ4v) is 2.20. The summed E-state index contributed by atoms with van der Waals surface area (Å²) in [4.78, 5) is 20.7. The lowest BCUT2D eigenvalue weighted by Crippen LogP contribution is -2.20. The summed E-state index contributed by atoms with van der Waals surface area (Å²) < 4.78 is 5.49. The number of nitrogens with zero attached hydrogens (tertiary/aromatic N) is 2. The van der Waals surface area contributed by atoms with Crippen LogP contribution in [0.5, 0.6) is 5.88 Å². The van der Waals surface area contributed by atoms with Gasteiger partial charge in [0.25, 0.3) is 5.91 Å². The lowest BCUT2D eigenvalue weighted by atomic mass is 10.3. The third-order valence-electron chi connectivity index (χ3n) is 3.17. The summed E-state index contributed by atoms with van der Waals surface area (Å²) >= 11 is 5.80. The van der Waals surface area contributed by atoms with E-state index in [2.05, 4.69) is 15.3 Å². The number of carbonyl (C=O) groups excluding carboxylic acids is 1. The molecule has 3 aromatic rings. The van der Waals surface area contributed by atoms with Gasteiger partial charge in [0.15, 0.2) is 6.61 Å². The summed E-state index contributed by atoms with van der Waals surface area (Å²) in [6, 6.07) is 14.4. The number of aryl methyl sites for hydroxylation is 1. The fraction of sp³-hybridized carbons (Fsp3) is 0.118. The average Bonchev–Trinajstić information content (AvgIpc) is 2.55. The Labute approximate surface area is 138 Å². The topological polar surface area (TPSA) is 64.1 Å². The minimum absolute atomic E-state index is 0.142. The number of halogens is 1. The Kier molecular flexibility index (Phi) is 4.39. The van der Waals surface area contributed by atoms with Crippen LogP contribution in [0.4, 0.5) is 5.69 Å². The van der Waals surface area contributed by atoms with Crippen LogP contribution in [-0.2, 0) is 4.79 Å². The summed E-state index contributed by atoms with van der Waals surface area (Å²) in [5, 5.41) is 3.34. The Morgan fingerprint density at radius 1 is 1.09 bits per heavy atom. The molecule has 0 spiro atoms. The van der Waals surface area contributed by atoms with Crippen LogP contribution in [0, 0.1) is 6.92 Å². The van der Waals surface area contributed by atoms with E-state index in [1.807, 2.05) is 24.3 Å². The van der Waals surface area contributed by atoms with E-state index >= 15 is 0 Å². The second-order valence-electron chi connectivity index (χ2n) is 4.95. The van der Waals surface area contributed by atoms with Crippen molar-refractivity contribution in [1.29, 1.82) is 0 Å². The highest BCUT2D eigenvalue weighted by atomic mass is 35.5. The van der Waals surface area contributed by atoms with Gasteiger partial charge < -0.3 is 10.1 Å². The number of carbonyl (C=O) groups is 1. The predicted octanol–water partition coefficient (Wildman–Crippen LogP) is 3.61. The third kappa shape index (κ3) is 3.76. The van der Waals surface area contributed by atoms with E-state index in [1.54, 1.807) is 31.2 Å². The first-order chi connectivity index (χ1) is 11.1. The zero-order valence-electron chi connectivity index (χ0n) is 12.4. The molecule has 0 bridgehead atoms. The fourth-order valence-electron chi connectivity index (χ4n) is 2.07. The average molecular weight is 328 g/mol. The zero-order chi connectivity index (χ0) is 16.2. The molecule has 0 atom stereocenters. The van der Waals surface area contributed by atoms with E-state index in [9.17, 15) is 4.79 Å². The number of amides is 1. The molecule has 2 aromatic carbocycles. The molecule has 0 aliphatic heterocycles. The molecular weight excluding hydrogens is 314 g/mol. The minimum atomic E-state index is -0.276.